The zero-order valence-corrected chi connectivity index (χ0v) is 14.2. The minimum Gasteiger partial charge on any atom is -0.481 e. The van der Waals surface area contributed by atoms with E-state index in [9.17, 15) is 9.90 Å². The number of nitrogens with zero attached hydrogens (tertiary/aromatic N) is 1. The third kappa shape index (κ3) is 3.18. The predicted molar refractivity (Wildman–Crippen MR) is 84.3 cm³/mol. The average Bonchev–Trinajstić information content (AvgIpc) is 2.77. The van der Waals surface area contributed by atoms with Crippen molar-refractivity contribution in [3.63, 3.8) is 0 Å². The molecule has 0 spiro atoms. The number of aliphatic carboxylic acids is 1. The second-order valence-electron chi connectivity index (χ2n) is 6.30. The van der Waals surface area contributed by atoms with Crippen LogP contribution in [0.15, 0.2) is 22.7 Å². The smallest absolute Gasteiger partial charge is 0.308 e. The molecule has 0 bridgehead atoms. The fraction of sp³-hybridized carbons (Fsp3) is 0.533. The largest absolute Gasteiger partial charge is 0.481 e. The number of hydrogen-bond acceptors (Lipinski definition) is 2. The molecule has 1 aliphatic heterocycles. The summed E-state index contributed by atoms with van der Waals surface area (Å²) in [5.74, 6) is -1.13. The van der Waals surface area contributed by atoms with Gasteiger partial charge in [0.1, 0.15) is 0 Å². The molecule has 0 radical (unpaired) electrons. The highest BCUT2D eigenvalue weighted by Gasteiger charge is 2.42. The van der Waals surface area contributed by atoms with Crippen LogP contribution in [-0.4, -0.2) is 34.6 Å². The van der Waals surface area contributed by atoms with Crippen LogP contribution in [0.25, 0.3) is 0 Å². The summed E-state index contributed by atoms with van der Waals surface area (Å²) in [5, 5.41) is 10.1. The Kier molecular flexibility index (Phi) is 4.47. The van der Waals surface area contributed by atoms with Gasteiger partial charge >= 0.3 is 5.97 Å². The van der Waals surface area contributed by atoms with Gasteiger partial charge in [0, 0.05) is 29.0 Å². The molecule has 1 heterocycles. The van der Waals surface area contributed by atoms with Crippen molar-refractivity contribution in [1.82, 2.24) is 4.90 Å². The lowest BCUT2D eigenvalue weighted by Crippen LogP contribution is -2.40. The summed E-state index contributed by atoms with van der Waals surface area (Å²) in [5.41, 5.74) is 0.971. The number of carboxylic acid groups (broad SMARTS) is 1. The van der Waals surface area contributed by atoms with Crippen LogP contribution in [0.4, 0.5) is 0 Å². The van der Waals surface area contributed by atoms with E-state index < -0.39 is 5.97 Å². The molecule has 0 aromatic heterocycles. The van der Waals surface area contributed by atoms with Crippen molar-refractivity contribution in [1.29, 1.82) is 0 Å². The van der Waals surface area contributed by atoms with Gasteiger partial charge in [-0.1, -0.05) is 17.7 Å². The molecule has 1 fully saturated rings. The van der Waals surface area contributed by atoms with Gasteiger partial charge in [0.05, 0.1) is 10.9 Å². The molecule has 2 rings (SSSR count). The van der Waals surface area contributed by atoms with E-state index in [4.69, 9.17) is 11.6 Å². The molecule has 1 aromatic carbocycles. The lowest BCUT2D eigenvalue weighted by molar-refractivity contribution is -0.141. The SMILES string of the molecule is CC(C)(C)N1C[C@H](C(=O)O)[C@@H](c2ccc(Br)c(Cl)c2)C1. The van der Waals surface area contributed by atoms with E-state index in [-0.39, 0.29) is 17.4 Å². The summed E-state index contributed by atoms with van der Waals surface area (Å²) in [6, 6.07) is 5.72. The van der Waals surface area contributed by atoms with Crippen LogP contribution in [0, 0.1) is 5.92 Å². The summed E-state index contributed by atoms with van der Waals surface area (Å²) < 4.78 is 0.834. The molecule has 1 aliphatic rings. The number of carboxylic acids is 1. The van der Waals surface area contributed by atoms with Gasteiger partial charge in [-0.15, -0.1) is 0 Å². The zero-order valence-electron chi connectivity index (χ0n) is 11.9. The number of halogens is 2. The molecule has 0 aliphatic carbocycles. The molecule has 2 atom stereocenters. The lowest BCUT2D eigenvalue weighted by atomic mass is 9.89. The third-order valence-corrected chi connectivity index (χ3v) is 5.19. The fourth-order valence-corrected chi connectivity index (χ4v) is 3.12. The van der Waals surface area contributed by atoms with E-state index in [1.807, 2.05) is 18.2 Å². The van der Waals surface area contributed by atoms with Crippen LogP contribution in [0.1, 0.15) is 32.3 Å². The van der Waals surface area contributed by atoms with Crippen molar-refractivity contribution in [3.8, 4) is 0 Å². The number of likely N-dealkylation sites (tertiary alicyclic amines) is 1. The standard InChI is InChI=1S/C15H19BrClNO2/c1-15(2,3)18-7-10(11(8-18)14(19)20)9-4-5-12(16)13(17)6-9/h4-6,10-11H,7-8H2,1-3H3,(H,19,20)/t10-,11+/m1/s1. The normalized spacial score (nSPS) is 24.1. The minimum atomic E-state index is -0.735. The maximum atomic E-state index is 11.5. The van der Waals surface area contributed by atoms with Crippen molar-refractivity contribution in [2.75, 3.05) is 13.1 Å². The number of carbonyl (C=O) groups is 1. The maximum Gasteiger partial charge on any atom is 0.308 e. The van der Waals surface area contributed by atoms with Gasteiger partial charge in [0.15, 0.2) is 0 Å². The molecule has 1 N–H and O–H groups in total. The molecule has 0 saturated carbocycles. The van der Waals surface area contributed by atoms with Gasteiger partial charge in [-0.3, -0.25) is 9.69 Å². The van der Waals surface area contributed by atoms with Crippen LogP contribution in [0.3, 0.4) is 0 Å². The van der Waals surface area contributed by atoms with Gasteiger partial charge < -0.3 is 5.11 Å². The second kappa shape index (κ2) is 5.66. The minimum absolute atomic E-state index is 0.0164. The van der Waals surface area contributed by atoms with Gasteiger partial charge in [0.2, 0.25) is 0 Å². The molecular weight excluding hydrogens is 342 g/mol. The summed E-state index contributed by atoms with van der Waals surface area (Å²) in [7, 11) is 0. The van der Waals surface area contributed by atoms with Crippen LogP contribution < -0.4 is 0 Å². The molecule has 5 heteroatoms. The molecular formula is C15H19BrClNO2. The number of rotatable bonds is 2. The Morgan fingerprint density at radius 3 is 2.55 bits per heavy atom. The van der Waals surface area contributed by atoms with Crippen molar-refractivity contribution >= 4 is 33.5 Å². The van der Waals surface area contributed by atoms with Gasteiger partial charge in [-0.05, 0) is 54.4 Å². The Morgan fingerprint density at radius 1 is 1.40 bits per heavy atom. The Balaban J connectivity index is 2.32. The first-order valence-electron chi connectivity index (χ1n) is 6.63. The highest BCUT2D eigenvalue weighted by Crippen LogP contribution is 2.38. The zero-order chi connectivity index (χ0) is 15.1. The Hall–Kier alpha value is -0.580. The van der Waals surface area contributed by atoms with Crippen LogP contribution in [0.2, 0.25) is 5.02 Å². The maximum absolute atomic E-state index is 11.5. The van der Waals surface area contributed by atoms with Crippen molar-refractivity contribution in [2.45, 2.75) is 32.2 Å². The van der Waals surface area contributed by atoms with Crippen molar-refractivity contribution in [3.05, 3.63) is 33.3 Å². The molecule has 20 heavy (non-hydrogen) atoms. The first-order chi connectivity index (χ1) is 9.20. The van der Waals surface area contributed by atoms with E-state index in [1.165, 1.54) is 0 Å². The first kappa shape index (κ1) is 15.8. The summed E-state index contributed by atoms with van der Waals surface area (Å²) in [4.78, 5) is 13.8. The predicted octanol–water partition coefficient (Wildman–Crippen LogP) is 4.00. The van der Waals surface area contributed by atoms with E-state index in [0.29, 0.717) is 11.6 Å². The third-order valence-electron chi connectivity index (χ3n) is 3.96. The van der Waals surface area contributed by atoms with Crippen LogP contribution >= 0.6 is 27.5 Å². The summed E-state index contributed by atoms with van der Waals surface area (Å²) in [6.07, 6.45) is 0. The van der Waals surface area contributed by atoms with E-state index in [2.05, 4.69) is 41.6 Å². The number of benzene rings is 1. The second-order valence-corrected chi connectivity index (χ2v) is 7.56. The monoisotopic (exact) mass is 359 g/mol. The van der Waals surface area contributed by atoms with E-state index in [0.717, 1.165) is 16.6 Å². The molecule has 0 amide bonds. The Morgan fingerprint density at radius 2 is 2.05 bits per heavy atom. The van der Waals surface area contributed by atoms with Crippen molar-refractivity contribution in [2.24, 2.45) is 5.92 Å². The quantitative estimate of drug-likeness (QED) is 0.866. The van der Waals surface area contributed by atoms with Gasteiger partial charge in [-0.2, -0.15) is 0 Å². The molecule has 110 valence electrons. The number of hydrogen-bond donors (Lipinski definition) is 1. The summed E-state index contributed by atoms with van der Waals surface area (Å²) >= 11 is 9.50. The fourth-order valence-electron chi connectivity index (χ4n) is 2.68. The first-order valence-corrected chi connectivity index (χ1v) is 7.80. The van der Waals surface area contributed by atoms with Crippen LogP contribution in [0.5, 0.6) is 0 Å². The van der Waals surface area contributed by atoms with Crippen molar-refractivity contribution < 1.29 is 9.90 Å². The molecule has 0 unspecified atom stereocenters. The highest BCUT2D eigenvalue weighted by molar-refractivity contribution is 9.10. The van der Waals surface area contributed by atoms with E-state index >= 15 is 0 Å². The molecule has 1 aromatic rings. The van der Waals surface area contributed by atoms with Gasteiger partial charge in [-0.25, -0.2) is 0 Å². The van der Waals surface area contributed by atoms with Crippen LogP contribution in [-0.2, 0) is 4.79 Å². The molecule has 1 saturated heterocycles. The Labute approximate surface area is 133 Å². The highest BCUT2D eigenvalue weighted by atomic mass is 79.9. The average molecular weight is 361 g/mol. The lowest BCUT2D eigenvalue weighted by Gasteiger charge is -2.31. The topological polar surface area (TPSA) is 40.5 Å². The summed E-state index contributed by atoms with van der Waals surface area (Å²) in [6.45, 7) is 7.67. The van der Waals surface area contributed by atoms with E-state index in [1.54, 1.807) is 0 Å². The van der Waals surface area contributed by atoms with Gasteiger partial charge in [0.25, 0.3) is 0 Å². The molecule has 3 nitrogen and oxygen atoms in total. The Bertz CT molecular complexity index is 527.